The van der Waals surface area contributed by atoms with E-state index in [0.29, 0.717) is 10.6 Å². The Bertz CT molecular complexity index is 670. The van der Waals surface area contributed by atoms with Gasteiger partial charge in [-0.2, -0.15) is 5.26 Å². The highest BCUT2D eigenvalue weighted by molar-refractivity contribution is 7.80. The van der Waals surface area contributed by atoms with Gasteiger partial charge in [-0.3, -0.25) is 10.1 Å². The normalized spacial score (nSPS) is 14.1. The summed E-state index contributed by atoms with van der Waals surface area (Å²) in [6.45, 7) is 1.57. The van der Waals surface area contributed by atoms with Gasteiger partial charge in [0.2, 0.25) is 0 Å². The zero-order valence-electron chi connectivity index (χ0n) is 12.1. The highest BCUT2D eigenvalue weighted by Gasteiger charge is 2.40. The average Bonchev–Trinajstić information content (AvgIpc) is 2.47. The molecule has 2 atom stereocenters. The van der Waals surface area contributed by atoms with Gasteiger partial charge in [-0.15, -0.1) is 0 Å². The summed E-state index contributed by atoms with van der Waals surface area (Å²) < 4.78 is 4.84. The predicted octanol–water partition coefficient (Wildman–Crippen LogP) is 2.89. The summed E-state index contributed by atoms with van der Waals surface area (Å²) in [6, 6.07) is 7.85. The van der Waals surface area contributed by atoms with Crippen molar-refractivity contribution in [2.45, 2.75) is 12.8 Å². The van der Waals surface area contributed by atoms with Crippen molar-refractivity contribution in [2.24, 2.45) is 11.7 Å². The molecule has 0 bridgehead atoms. The number of nitrogens with zero attached hydrogens (tertiary/aromatic N) is 2. The van der Waals surface area contributed by atoms with E-state index < -0.39 is 28.4 Å². The Morgan fingerprint density at radius 3 is 2.52 bits per heavy atom. The molecule has 0 radical (unpaired) electrons. The van der Waals surface area contributed by atoms with E-state index in [2.05, 4.69) is 0 Å². The van der Waals surface area contributed by atoms with E-state index >= 15 is 0 Å². The lowest BCUT2D eigenvalue weighted by Gasteiger charge is -2.19. The Balaban J connectivity index is 3.58. The van der Waals surface area contributed by atoms with Crippen molar-refractivity contribution in [3.8, 4) is 6.07 Å². The molecule has 2 unspecified atom stereocenters. The van der Waals surface area contributed by atoms with E-state index in [4.69, 9.17) is 34.3 Å². The molecule has 0 saturated carbocycles. The van der Waals surface area contributed by atoms with Crippen LogP contribution >= 0.6 is 23.8 Å². The smallest absolute Gasteiger partial charge is 0.354 e. The number of nitriles is 1. The first-order chi connectivity index (χ1) is 10.8. The molecule has 0 amide bonds. The second-order valence-corrected chi connectivity index (χ2v) is 5.33. The van der Waals surface area contributed by atoms with Gasteiger partial charge < -0.3 is 15.6 Å². The first-order valence-corrected chi connectivity index (χ1v) is 7.26. The number of allylic oxidation sites excluding steroid dienone is 1. The number of rotatable bonds is 7. The summed E-state index contributed by atoms with van der Waals surface area (Å²) >= 11 is 10.6. The van der Waals surface area contributed by atoms with E-state index in [1.165, 1.54) is 24.3 Å². The maximum atomic E-state index is 11.4. The minimum atomic E-state index is -1.20. The maximum absolute atomic E-state index is 11.4. The number of nitro groups is 1. The molecule has 0 aliphatic rings. The third kappa shape index (κ3) is 4.55. The standard InChI is InChI=1S/C14H14ClN3O4S/c1-2-22-14(19)12(18(20)21)11(10(7-16)13(17)23)8-3-5-9(15)6-4-8/h3-6,10-11,19H,2H2,1H3,(H2,17,23). The Kier molecular flexibility index (Phi) is 6.75. The van der Waals surface area contributed by atoms with Crippen LogP contribution in [0.5, 0.6) is 0 Å². The molecular weight excluding hydrogens is 342 g/mol. The zero-order chi connectivity index (χ0) is 17.6. The van der Waals surface area contributed by atoms with E-state index in [1.807, 2.05) is 6.07 Å². The van der Waals surface area contributed by atoms with Gasteiger partial charge in [0.15, 0.2) is 0 Å². The monoisotopic (exact) mass is 355 g/mol. The predicted molar refractivity (Wildman–Crippen MR) is 88.4 cm³/mol. The first-order valence-electron chi connectivity index (χ1n) is 6.48. The van der Waals surface area contributed by atoms with Gasteiger partial charge in [0.25, 0.3) is 0 Å². The Morgan fingerprint density at radius 1 is 1.57 bits per heavy atom. The van der Waals surface area contributed by atoms with Crippen LogP contribution in [0.4, 0.5) is 0 Å². The third-order valence-electron chi connectivity index (χ3n) is 3.00. The zero-order valence-corrected chi connectivity index (χ0v) is 13.7. The number of aliphatic hydroxyl groups excluding tert-OH is 1. The largest absolute Gasteiger partial charge is 0.476 e. The number of aliphatic hydroxyl groups is 1. The fourth-order valence-electron chi connectivity index (χ4n) is 2.02. The van der Waals surface area contributed by atoms with Gasteiger partial charge in [-0.1, -0.05) is 36.0 Å². The molecule has 0 spiro atoms. The van der Waals surface area contributed by atoms with Gasteiger partial charge >= 0.3 is 11.6 Å². The summed E-state index contributed by atoms with van der Waals surface area (Å²) in [4.78, 5) is 10.4. The second-order valence-electron chi connectivity index (χ2n) is 4.42. The number of ether oxygens (including phenoxy) is 1. The van der Waals surface area contributed by atoms with Crippen molar-refractivity contribution in [2.75, 3.05) is 6.61 Å². The molecule has 1 aromatic rings. The second kappa shape index (κ2) is 8.31. The molecule has 0 fully saturated rings. The highest BCUT2D eigenvalue weighted by atomic mass is 35.5. The molecule has 0 heterocycles. The molecule has 0 aliphatic carbocycles. The van der Waals surface area contributed by atoms with Crippen molar-refractivity contribution in [3.63, 3.8) is 0 Å². The fraction of sp³-hybridized carbons (Fsp3) is 0.286. The van der Waals surface area contributed by atoms with Crippen LogP contribution in [-0.2, 0) is 4.74 Å². The topological polar surface area (TPSA) is 122 Å². The first kappa shape index (κ1) is 18.7. The van der Waals surface area contributed by atoms with Crippen molar-refractivity contribution in [3.05, 3.63) is 56.6 Å². The van der Waals surface area contributed by atoms with Gasteiger partial charge in [0.1, 0.15) is 11.8 Å². The van der Waals surface area contributed by atoms with Crippen molar-refractivity contribution >= 4 is 28.8 Å². The minimum Gasteiger partial charge on any atom is -0.476 e. The SMILES string of the molecule is CCOC(O)=C(C(c1ccc(Cl)cc1)C(C#N)C(N)=S)[N+](=O)[O-]. The van der Waals surface area contributed by atoms with Crippen LogP contribution < -0.4 is 5.73 Å². The number of nitrogens with two attached hydrogens (primary N) is 1. The molecule has 0 aromatic heterocycles. The molecule has 0 saturated heterocycles. The molecule has 1 aromatic carbocycles. The van der Waals surface area contributed by atoms with E-state index in [-0.39, 0.29) is 11.6 Å². The Labute approximate surface area is 143 Å². The fourth-order valence-corrected chi connectivity index (χ4v) is 2.33. The number of hydrogen-bond donors (Lipinski definition) is 2. The lowest BCUT2D eigenvalue weighted by atomic mass is 9.84. The van der Waals surface area contributed by atoms with Crippen LogP contribution in [0.2, 0.25) is 5.02 Å². The lowest BCUT2D eigenvalue weighted by Crippen LogP contribution is -2.30. The molecule has 1 rings (SSSR count). The van der Waals surface area contributed by atoms with Crippen LogP contribution in [0.25, 0.3) is 0 Å². The number of thiocarbonyl (C=S) groups is 1. The van der Waals surface area contributed by atoms with Gasteiger partial charge in [0.05, 0.1) is 22.6 Å². The van der Waals surface area contributed by atoms with Crippen LogP contribution in [0.15, 0.2) is 35.9 Å². The molecule has 7 nitrogen and oxygen atoms in total. The van der Waals surface area contributed by atoms with Gasteiger partial charge in [0, 0.05) is 5.02 Å². The van der Waals surface area contributed by atoms with Crippen LogP contribution in [-0.4, -0.2) is 21.6 Å². The minimum absolute atomic E-state index is 0.0147. The van der Waals surface area contributed by atoms with Crippen LogP contribution in [0.3, 0.4) is 0 Å². The Morgan fingerprint density at radius 2 is 2.13 bits per heavy atom. The molecule has 122 valence electrons. The summed E-state index contributed by atoms with van der Waals surface area (Å²) in [6.07, 6.45) is 0. The van der Waals surface area contributed by atoms with Crippen molar-refractivity contribution in [1.29, 1.82) is 5.26 Å². The molecule has 9 heteroatoms. The molecule has 23 heavy (non-hydrogen) atoms. The van der Waals surface area contributed by atoms with Crippen LogP contribution in [0.1, 0.15) is 18.4 Å². The van der Waals surface area contributed by atoms with Gasteiger partial charge in [-0.25, -0.2) is 0 Å². The summed E-state index contributed by atoms with van der Waals surface area (Å²) in [5, 5.41) is 31.0. The summed E-state index contributed by atoms with van der Waals surface area (Å²) in [5.74, 6) is -3.28. The van der Waals surface area contributed by atoms with Crippen molar-refractivity contribution in [1.82, 2.24) is 0 Å². The van der Waals surface area contributed by atoms with Gasteiger partial charge in [-0.05, 0) is 24.6 Å². The summed E-state index contributed by atoms with van der Waals surface area (Å²) in [7, 11) is 0. The Hall–Kier alpha value is -2.37. The molecule has 3 N–H and O–H groups in total. The quantitative estimate of drug-likeness (QED) is 0.333. The highest BCUT2D eigenvalue weighted by Crippen LogP contribution is 2.35. The summed E-state index contributed by atoms with van der Waals surface area (Å²) in [5.41, 5.74) is 5.21. The third-order valence-corrected chi connectivity index (χ3v) is 3.51. The number of benzene rings is 1. The van der Waals surface area contributed by atoms with Crippen LogP contribution in [0, 0.1) is 27.4 Å². The van der Waals surface area contributed by atoms with E-state index in [1.54, 1.807) is 6.92 Å². The van der Waals surface area contributed by atoms with E-state index in [0.717, 1.165) is 0 Å². The average molecular weight is 356 g/mol. The molecular formula is C14H14ClN3O4S. The van der Waals surface area contributed by atoms with E-state index in [9.17, 15) is 20.5 Å². The number of hydrogen-bond acceptors (Lipinski definition) is 6. The number of halogens is 1. The maximum Gasteiger partial charge on any atom is 0.354 e. The molecule has 0 aliphatic heterocycles. The van der Waals surface area contributed by atoms with Crippen molar-refractivity contribution < 1.29 is 14.8 Å². The lowest BCUT2D eigenvalue weighted by molar-refractivity contribution is -0.436.